The van der Waals surface area contributed by atoms with Crippen LogP contribution >= 0.6 is 0 Å². The number of amides is 1. The van der Waals surface area contributed by atoms with E-state index in [1.54, 1.807) is 0 Å². The summed E-state index contributed by atoms with van der Waals surface area (Å²) >= 11 is 0. The van der Waals surface area contributed by atoms with Crippen molar-refractivity contribution in [1.82, 2.24) is 24.6 Å². The first-order valence-corrected chi connectivity index (χ1v) is 9.61. The molecule has 2 aromatic heterocycles. The highest BCUT2D eigenvalue weighted by molar-refractivity contribution is 5.94. The third kappa shape index (κ3) is 4.01. The lowest BCUT2D eigenvalue weighted by Gasteiger charge is -2.21. The monoisotopic (exact) mass is 363 g/mol. The Morgan fingerprint density at radius 3 is 2.81 bits per heavy atom. The van der Waals surface area contributed by atoms with Gasteiger partial charge < -0.3 is 4.90 Å². The molecule has 27 heavy (non-hydrogen) atoms. The first-order valence-electron chi connectivity index (χ1n) is 9.61. The second kappa shape index (κ2) is 7.88. The molecule has 1 aliphatic heterocycles. The lowest BCUT2D eigenvalue weighted by molar-refractivity contribution is 0.0755. The van der Waals surface area contributed by atoms with E-state index >= 15 is 0 Å². The van der Waals surface area contributed by atoms with Crippen molar-refractivity contribution < 1.29 is 4.79 Å². The Morgan fingerprint density at radius 2 is 1.96 bits per heavy atom. The van der Waals surface area contributed by atoms with Crippen LogP contribution in [0, 0.1) is 0 Å². The van der Waals surface area contributed by atoms with E-state index in [1.807, 2.05) is 52.2 Å². The normalized spacial score (nSPS) is 15.8. The third-order valence-electron chi connectivity index (χ3n) is 5.11. The summed E-state index contributed by atoms with van der Waals surface area (Å²) in [6.07, 6.45) is 5.02. The number of pyridine rings is 1. The van der Waals surface area contributed by atoms with Crippen molar-refractivity contribution in [1.29, 1.82) is 0 Å². The zero-order valence-corrected chi connectivity index (χ0v) is 15.7. The number of para-hydroxylation sites is 1. The summed E-state index contributed by atoms with van der Waals surface area (Å²) in [7, 11) is 0. The van der Waals surface area contributed by atoms with Gasteiger partial charge >= 0.3 is 0 Å². The number of carbonyl (C=O) groups excluding carboxylic acids is 1. The van der Waals surface area contributed by atoms with Gasteiger partial charge in [0.1, 0.15) is 5.69 Å². The van der Waals surface area contributed by atoms with Gasteiger partial charge in [-0.1, -0.05) is 24.3 Å². The van der Waals surface area contributed by atoms with Crippen molar-refractivity contribution in [2.45, 2.75) is 26.4 Å². The van der Waals surface area contributed by atoms with Crippen molar-refractivity contribution in [3.8, 4) is 0 Å². The number of aromatic nitrogens is 3. The predicted molar refractivity (Wildman–Crippen MR) is 105 cm³/mol. The van der Waals surface area contributed by atoms with Crippen LogP contribution in [-0.4, -0.2) is 56.7 Å². The van der Waals surface area contributed by atoms with Crippen molar-refractivity contribution in [3.05, 3.63) is 60.0 Å². The Labute approximate surface area is 159 Å². The molecule has 0 bridgehead atoms. The Kier molecular flexibility index (Phi) is 5.16. The summed E-state index contributed by atoms with van der Waals surface area (Å²) in [6, 6.07) is 11.7. The van der Waals surface area contributed by atoms with Crippen LogP contribution in [0.1, 0.15) is 29.4 Å². The zero-order chi connectivity index (χ0) is 18.6. The molecule has 0 aliphatic carbocycles. The van der Waals surface area contributed by atoms with Gasteiger partial charge in [-0.2, -0.15) is 5.10 Å². The number of aryl methyl sites for hydroxylation is 1. The molecule has 4 rings (SSSR count). The molecule has 1 amide bonds. The summed E-state index contributed by atoms with van der Waals surface area (Å²) in [5.74, 6) is 0.0291. The zero-order valence-electron chi connectivity index (χ0n) is 15.7. The maximum atomic E-state index is 12.9. The summed E-state index contributed by atoms with van der Waals surface area (Å²) < 4.78 is 1.95. The fourth-order valence-corrected chi connectivity index (χ4v) is 3.60. The van der Waals surface area contributed by atoms with E-state index < -0.39 is 0 Å². The van der Waals surface area contributed by atoms with Gasteiger partial charge in [-0.05, 0) is 25.5 Å². The molecule has 6 heteroatoms. The van der Waals surface area contributed by atoms with Crippen LogP contribution in [0.25, 0.3) is 10.9 Å². The molecule has 1 aliphatic rings. The van der Waals surface area contributed by atoms with E-state index in [-0.39, 0.29) is 5.91 Å². The number of benzene rings is 1. The molecule has 1 saturated heterocycles. The van der Waals surface area contributed by atoms with Gasteiger partial charge in [0.05, 0.1) is 11.7 Å². The largest absolute Gasteiger partial charge is 0.336 e. The summed E-state index contributed by atoms with van der Waals surface area (Å²) in [6.45, 7) is 7.24. The number of carbonyl (C=O) groups is 1. The van der Waals surface area contributed by atoms with Gasteiger partial charge in [0.15, 0.2) is 0 Å². The van der Waals surface area contributed by atoms with Crippen LogP contribution in [0.2, 0.25) is 0 Å². The molecule has 1 aromatic carbocycles. The average molecular weight is 363 g/mol. The van der Waals surface area contributed by atoms with E-state index in [2.05, 4.69) is 28.1 Å². The second-order valence-electron chi connectivity index (χ2n) is 7.02. The SMILES string of the molecule is CCn1cc(CN2CCCN(C(=O)c3ccc4ccccc4n3)CC2)cn1. The Bertz CT molecular complexity index is 935. The summed E-state index contributed by atoms with van der Waals surface area (Å²) in [4.78, 5) is 21.8. The first-order chi connectivity index (χ1) is 13.2. The Balaban J connectivity index is 1.41. The minimum Gasteiger partial charge on any atom is -0.336 e. The molecule has 3 heterocycles. The predicted octanol–water partition coefficient (Wildman–Crippen LogP) is 2.80. The number of fused-ring (bicyclic) bond motifs is 1. The van der Waals surface area contributed by atoms with E-state index in [1.165, 1.54) is 5.56 Å². The number of rotatable bonds is 4. The van der Waals surface area contributed by atoms with Gasteiger partial charge in [-0.25, -0.2) is 4.98 Å². The molecule has 6 nitrogen and oxygen atoms in total. The van der Waals surface area contributed by atoms with Gasteiger partial charge in [0.2, 0.25) is 0 Å². The molecule has 0 atom stereocenters. The topological polar surface area (TPSA) is 54.3 Å². The minimum atomic E-state index is 0.0291. The highest BCUT2D eigenvalue weighted by Gasteiger charge is 2.21. The van der Waals surface area contributed by atoms with Gasteiger partial charge in [0, 0.05) is 56.4 Å². The van der Waals surface area contributed by atoms with Crippen molar-refractivity contribution in [3.63, 3.8) is 0 Å². The number of hydrogen-bond donors (Lipinski definition) is 0. The molecular formula is C21H25N5O. The smallest absolute Gasteiger partial charge is 0.272 e. The Hall–Kier alpha value is -2.73. The van der Waals surface area contributed by atoms with E-state index in [0.717, 1.165) is 56.6 Å². The van der Waals surface area contributed by atoms with Crippen LogP contribution < -0.4 is 0 Å². The first kappa shape index (κ1) is 17.7. The standard InChI is InChI=1S/C21H25N5O/c1-2-26-16-17(14-22-26)15-24-10-5-11-25(13-12-24)21(27)20-9-8-18-6-3-4-7-19(18)23-20/h3-4,6-9,14,16H,2,5,10-13,15H2,1H3. The third-order valence-corrected chi connectivity index (χ3v) is 5.11. The van der Waals surface area contributed by atoms with E-state index in [0.29, 0.717) is 5.69 Å². The van der Waals surface area contributed by atoms with E-state index in [9.17, 15) is 4.79 Å². The molecule has 1 fully saturated rings. The van der Waals surface area contributed by atoms with E-state index in [4.69, 9.17) is 0 Å². The van der Waals surface area contributed by atoms with Crippen molar-refractivity contribution in [2.75, 3.05) is 26.2 Å². The lowest BCUT2D eigenvalue weighted by Crippen LogP contribution is -2.35. The number of nitrogens with zero attached hydrogens (tertiary/aromatic N) is 5. The lowest BCUT2D eigenvalue weighted by atomic mass is 10.2. The average Bonchev–Trinajstić information content (AvgIpc) is 3.04. The molecule has 0 spiro atoms. The Morgan fingerprint density at radius 1 is 1.07 bits per heavy atom. The van der Waals surface area contributed by atoms with Crippen LogP contribution in [-0.2, 0) is 13.1 Å². The molecular weight excluding hydrogens is 338 g/mol. The van der Waals surface area contributed by atoms with Gasteiger partial charge in [0.25, 0.3) is 5.91 Å². The van der Waals surface area contributed by atoms with Crippen molar-refractivity contribution >= 4 is 16.8 Å². The maximum absolute atomic E-state index is 12.9. The van der Waals surface area contributed by atoms with Crippen molar-refractivity contribution in [2.24, 2.45) is 0 Å². The van der Waals surface area contributed by atoms with Gasteiger partial charge in [-0.15, -0.1) is 0 Å². The van der Waals surface area contributed by atoms with Crippen LogP contribution in [0.15, 0.2) is 48.8 Å². The highest BCUT2D eigenvalue weighted by Crippen LogP contribution is 2.15. The summed E-state index contributed by atoms with van der Waals surface area (Å²) in [5, 5.41) is 5.41. The van der Waals surface area contributed by atoms with Crippen LogP contribution in [0.5, 0.6) is 0 Å². The quantitative estimate of drug-likeness (QED) is 0.715. The molecule has 0 radical (unpaired) electrons. The molecule has 0 unspecified atom stereocenters. The molecule has 0 saturated carbocycles. The molecule has 3 aromatic rings. The van der Waals surface area contributed by atoms with Crippen LogP contribution in [0.3, 0.4) is 0 Å². The molecule has 140 valence electrons. The fourth-order valence-electron chi connectivity index (χ4n) is 3.60. The number of hydrogen-bond acceptors (Lipinski definition) is 4. The van der Waals surface area contributed by atoms with Gasteiger partial charge in [-0.3, -0.25) is 14.4 Å². The summed E-state index contributed by atoms with van der Waals surface area (Å²) in [5.41, 5.74) is 2.63. The maximum Gasteiger partial charge on any atom is 0.272 e. The fraction of sp³-hybridized carbons (Fsp3) is 0.381. The minimum absolute atomic E-state index is 0.0291. The van der Waals surface area contributed by atoms with Crippen LogP contribution in [0.4, 0.5) is 0 Å². The second-order valence-corrected chi connectivity index (χ2v) is 7.02. The molecule has 0 N–H and O–H groups in total. The highest BCUT2D eigenvalue weighted by atomic mass is 16.2.